The van der Waals surface area contributed by atoms with Gasteiger partial charge in [-0.25, -0.2) is 9.97 Å². The molecule has 1 aliphatic rings. The first-order chi connectivity index (χ1) is 8.72. The van der Waals surface area contributed by atoms with Gasteiger partial charge in [0.2, 0.25) is 0 Å². The Labute approximate surface area is 113 Å². The molecule has 1 atom stereocenters. The highest BCUT2D eigenvalue weighted by atomic mass is 32.2. The average Bonchev–Trinajstić information content (AvgIpc) is 2.39. The molecule has 1 saturated heterocycles. The van der Waals surface area contributed by atoms with Gasteiger partial charge in [-0.2, -0.15) is 11.8 Å². The molecule has 2 rings (SSSR count). The van der Waals surface area contributed by atoms with E-state index in [2.05, 4.69) is 23.8 Å². The number of nitrogens with two attached hydrogens (primary N) is 1. The zero-order chi connectivity index (χ0) is 13.0. The Bertz CT molecular complexity index is 382. The fraction of sp³-hybridized carbons (Fsp3) is 0.692. The van der Waals surface area contributed by atoms with Crippen molar-refractivity contribution in [2.24, 2.45) is 5.73 Å². The van der Waals surface area contributed by atoms with Gasteiger partial charge in [-0.1, -0.05) is 0 Å². The standard InChI is InChI=1S/C13H21N3OS/c1-9-11(4-3-5-14)10(2)16-13(15-9)12-8-18-7-6-17-12/h12H,3-8,14H2,1-2H3. The van der Waals surface area contributed by atoms with Gasteiger partial charge in [0.05, 0.1) is 6.61 Å². The summed E-state index contributed by atoms with van der Waals surface area (Å²) in [6.45, 7) is 5.62. The Balaban J connectivity index is 2.18. The molecule has 0 spiro atoms. The van der Waals surface area contributed by atoms with Crippen LogP contribution in [0.4, 0.5) is 0 Å². The summed E-state index contributed by atoms with van der Waals surface area (Å²) in [6.07, 6.45) is 2.01. The molecule has 100 valence electrons. The average molecular weight is 267 g/mol. The summed E-state index contributed by atoms with van der Waals surface area (Å²) in [6, 6.07) is 0. The Morgan fingerprint density at radius 2 is 2.06 bits per heavy atom. The van der Waals surface area contributed by atoms with Crippen LogP contribution in [-0.4, -0.2) is 34.6 Å². The van der Waals surface area contributed by atoms with Gasteiger partial charge in [0, 0.05) is 22.9 Å². The van der Waals surface area contributed by atoms with Crippen molar-refractivity contribution >= 4 is 11.8 Å². The summed E-state index contributed by atoms with van der Waals surface area (Å²) in [7, 11) is 0. The second-order valence-corrected chi connectivity index (χ2v) is 5.71. The van der Waals surface area contributed by atoms with Crippen LogP contribution in [0.5, 0.6) is 0 Å². The van der Waals surface area contributed by atoms with E-state index in [9.17, 15) is 0 Å². The minimum absolute atomic E-state index is 0.0599. The first-order valence-corrected chi connectivity index (χ1v) is 7.61. The second-order valence-electron chi connectivity index (χ2n) is 4.56. The van der Waals surface area contributed by atoms with Gasteiger partial charge in [-0.15, -0.1) is 0 Å². The van der Waals surface area contributed by atoms with Crippen LogP contribution in [0.15, 0.2) is 0 Å². The first kappa shape index (κ1) is 13.8. The van der Waals surface area contributed by atoms with E-state index in [1.54, 1.807) is 0 Å². The molecule has 0 amide bonds. The molecule has 5 heteroatoms. The Hall–Kier alpha value is -0.650. The van der Waals surface area contributed by atoms with E-state index in [1.165, 1.54) is 5.56 Å². The van der Waals surface area contributed by atoms with Gasteiger partial charge in [0.1, 0.15) is 6.10 Å². The van der Waals surface area contributed by atoms with Gasteiger partial charge in [0.25, 0.3) is 0 Å². The maximum atomic E-state index is 5.73. The zero-order valence-electron chi connectivity index (χ0n) is 11.1. The Morgan fingerprint density at radius 1 is 1.33 bits per heavy atom. The fourth-order valence-electron chi connectivity index (χ4n) is 2.19. The summed E-state index contributed by atoms with van der Waals surface area (Å²) in [4.78, 5) is 9.24. The largest absolute Gasteiger partial charge is 0.368 e. The molecule has 1 aromatic rings. The van der Waals surface area contributed by atoms with Crippen LogP contribution < -0.4 is 5.73 Å². The predicted molar refractivity (Wildman–Crippen MR) is 74.9 cm³/mol. The highest BCUT2D eigenvalue weighted by Gasteiger charge is 2.20. The molecule has 1 unspecified atom stereocenters. The van der Waals surface area contributed by atoms with Crippen molar-refractivity contribution in [2.45, 2.75) is 32.8 Å². The van der Waals surface area contributed by atoms with Crippen LogP contribution in [0.25, 0.3) is 0 Å². The van der Waals surface area contributed by atoms with Crippen molar-refractivity contribution in [3.8, 4) is 0 Å². The van der Waals surface area contributed by atoms with Crippen molar-refractivity contribution in [1.82, 2.24) is 9.97 Å². The third-order valence-corrected chi connectivity index (χ3v) is 4.17. The second kappa shape index (κ2) is 6.50. The molecular weight excluding hydrogens is 246 g/mol. The smallest absolute Gasteiger partial charge is 0.158 e. The topological polar surface area (TPSA) is 61.0 Å². The summed E-state index contributed by atoms with van der Waals surface area (Å²) in [5, 5.41) is 0. The number of thioether (sulfide) groups is 1. The molecule has 0 radical (unpaired) electrons. The van der Waals surface area contributed by atoms with Gasteiger partial charge in [-0.05, 0) is 38.8 Å². The quantitative estimate of drug-likeness (QED) is 0.901. The van der Waals surface area contributed by atoms with Crippen LogP contribution in [-0.2, 0) is 11.2 Å². The highest BCUT2D eigenvalue weighted by molar-refractivity contribution is 7.99. The van der Waals surface area contributed by atoms with Gasteiger partial charge in [-0.3, -0.25) is 0 Å². The Kier molecular flexibility index (Phi) is 4.97. The molecule has 4 nitrogen and oxygen atoms in total. The normalized spacial score (nSPS) is 20.1. The van der Waals surface area contributed by atoms with E-state index in [4.69, 9.17) is 10.5 Å². The van der Waals surface area contributed by atoms with Gasteiger partial charge < -0.3 is 10.5 Å². The van der Waals surface area contributed by atoms with E-state index in [-0.39, 0.29) is 6.10 Å². The minimum atomic E-state index is 0.0599. The number of rotatable bonds is 4. The molecule has 1 aliphatic heterocycles. The van der Waals surface area contributed by atoms with E-state index in [1.807, 2.05) is 11.8 Å². The monoisotopic (exact) mass is 267 g/mol. The highest BCUT2D eigenvalue weighted by Crippen LogP contribution is 2.25. The van der Waals surface area contributed by atoms with Crippen LogP contribution in [0.3, 0.4) is 0 Å². The number of aryl methyl sites for hydroxylation is 2. The zero-order valence-corrected chi connectivity index (χ0v) is 11.9. The van der Waals surface area contributed by atoms with Crippen LogP contribution in [0.2, 0.25) is 0 Å². The predicted octanol–water partition coefficient (Wildman–Crippen LogP) is 1.79. The molecular formula is C13H21N3OS. The summed E-state index contributed by atoms with van der Waals surface area (Å²) < 4.78 is 5.73. The van der Waals surface area contributed by atoms with Crippen LogP contribution in [0, 0.1) is 13.8 Å². The third kappa shape index (κ3) is 3.22. The van der Waals surface area contributed by atoms with Crippen molar-refractivity contribution in [1.29, 1.82) is 0 Å². The summed E-state index contributed by atoms with van der Waals surface area (Å²) in [5.41, 5.74) is 8.95. The Morgan fingerprint density at radius 3 is 2.61 bits per heavy atom. The molecule has 2 heterocycles. The van der Waals surface area contributed by atoms with Gasteiger partial charge >= 0.3 is 0 Å². The summed E-state index contributed by atoms with van der Waals surface area (Å²) in [5.74, 6) is 2.87. The maximum Gasteiger partial charge on any atom is 0.158 e. The molecule has 0 bridgehead atoms. The van der Waals surface area contributed by atoms with E-state index in [0.717, 1.165) is 48.2 Å². The number of nitrogens with zero attached hydrogens (tertiary/aromatic N) is 2. The molecule has 2 N–H and O–H groups in total. The third-order valence-electron chi connectivity index (χ3n) is 3.17. The first-order valence-electron chi connectivity index (χ1n) is 6.45. The SMILES string of the molecule is Cc1nc(C2CSCCO2)nc(C)c1CCCN. The van der Waals surface area contributed by atoms with E-state index in [0.29, 0.717) is 6.54 Å². The lowest BCUT2D eigenvalue weighted by Crippen LogP contribution is -2.19. The number of aromatic nitrogens is 2. The number of ether oxygens (including phenoxy) is 1. The summed E-state index contributed by atoms with van der Waals surface area (Å²) >= 11 is 1.91. The van der Waals surface area contributed by atoms with Crippen LogP contribution >= 0.6 is 11.8 Å². The number of hydrogen-bond acceptors (Lipinski definition) is 5. The van der Waals surface area contributed by atoms with Crippen molar-refractivity contribution in [2.75, 3.05) is 24.7 Å². The van der Waals surface area contributed by atoms with Crippen molar-refractivity contribution < 1.29 is 4.74 Å². The fourth-order valence-corrected chi connectivity index (χ4v) is 3.03. The molecule has 0 aromatic carbocycles. The molecule has 1 aromatic heterocycles. The lowest BCUT2D eigenvalue weighted by Gasteiger charge is -2.22. The molecule has 18 heavy (non-hydrogen) atoms. The van der Waals surface area contributed by atoms with Crippen LogP contribution in [0.1, 0.15) is 35.3 Å². The van der Waals surface area contributed by atoms with E-state index >= 15 is 0 Å². The lowest BCUT2D eigenvalue weighted by atomic mass is 10.1. The van der Waals surface area contributed by atoms with Crippen molar-refractivity contribution in [3.05, 3.63) is 22.8 Å². The maximum absolute atomic E-state index is 5.73. The molecule has 0 aliphatic carbocycles. The number of hydrogen-bond donors (Lipinski definition) is 1. The molecule has 0 saturated carbocycles. The lowest BCUT2D eigenvalue weighted by molar-refractivity contribution is 0.0691. The van der Waals surface area contributed by atoms with Gasteiger partial charge in [0.15, 0.2) is 5.82 Å². The van der Waals surface area contributed by atoms with E-state index < -0.39 is 0 Å². The van der Waals surface area contributed by atoms with Crippen molar-refractivity contribution in [3.63, 3.8) is 0 Å². The minimum Gasteiger partial charge on any atom is -0.368 e. The molecule has 1 fully saturated rings.